The van der Waals surface area contributed by atoms with E-state index in [0.29, 0.717) is 0 Å². The number of rotatable bonds is 4. The van der Waals surface area contributed by atoms with Crippen molar-refractivity contribution in [2.45, 2.75) is 26.2 Å². The van der Waals surface area contributed by atoms with Crippen LogP contribution in [0.5, 0.6) is 0 Å². The highest BCUT2D eigenvalue weighted by Gasteiger charge is 2.22. The summed E-state index contributed by atoms with van der Waals surface area (Å²) in [6, 6.07) is 7.88. The molecule has 16 heavy (non-hydrogen) atoms. The van der Waals surface area contributed by atoms with Crippen LogP contribution in [0.1, 0.15) is 36.5 Å². The van der Waals surface area contributed by atoms with Crippen molar-refractivity contribution in [3.05, 3.63) is 29.8 Å². The van der Waals surface area contributed by atoms with E-state index in [1.54, 1.807) is 0 Å². The van der Waals surface area contributed by atoms with Crippen LogP contribution in [0, 0.1) is 5.92 Å². The Hall–Kier alpha value is -1.31. The number of carbonyl (C=O) groups is 1. The van der Waals surface area contributed by atoms with Crippen molar-refractivity contribution in [2.24, 2.45) is 5.92 Å². The second-order valence-corrected chi connectivity index (χ2v) is 4.57. The van der Waals surface area contributed by atoms with Gasteiger partial charge in [-0.05, 0) is 30.9 Å². The van der Waals surface area contributed by atoms with Gasteiger partial charge in [0.05, 0.1) is 0 Å². The van der Waals surface area contributed by atoms with Crippen molar-refractivity contribution < 1.29 is 4.79 Å². The first-order valence-corrected chi connectivity index (χ1v) is 6.14. The SMILES string of the molecule is CCCC1CCN(c2ccccc2C=O)C1. The van der Waals surface area contributed by atoms with Crippen LogP contribution in [0.15, 0.2) is 24.3 Å². The molecule has 0 N–H and O–H groups in total. The maximum Gasteiger partial charge on any atom is 0.152 e. The van der Waals surface area contributed by atoms with Crippen molar-refractivity contribution in [1.29, 1.82) is 0 Å². The minimum atomic E-state index is 0.810. The molecule has 1 unspecified atom stereocenters. The molecule has 1 aliphatic rings. The summed E-state index contributed by atoms with van der Waals surface area (Å²) in [6.07, 6.45) is 4.79. The number of nitrogens with zero attached hydrogens (tertiary/aromatic N) is 1. The molecule has 1 heterocycles. The lowest BCUT2D eigenvalue weighted by atomic mass is 10.0. The van der Waals surface area contributed by atoms with Gasteiger partial charge in [-0.1, -0.05) is 25.5 Å². The molecule has 1 saturated heterocycles. The Morgan fingerprint density at radius 3 is 3.00 bits per heavy atom. The third kappa shape index (κ3) is 2.26. The number of hydrogen-bond donors (Lipinski definition) is 0. The molecule has 0 bridgehead atoms. The lowest BCUT2D eigenvalue weighted by Gasteiger charge is -2.20. The van der Waals surface area contributed by atoms with Crippen LogP contribution in [0.4, 0.5) is 5.69 Å². The topological polar surface area (TPSA) is 20.3 Å². The fourth-order valence-corrected chi connectivity index (χ4v) is 2.57. The predicted octanol–water partition coefficient (Wildman–Crippen LogP) is 3.13. The summed E-state index contributed by atoms with van der Waals surface area (Å²) < 4.78 is 0. The first-order valence-electron chi connectivity index (χ1n) is 6.14. The lowest BCUT2D eigenvalue weighted by Crippen LogP contribution is -2.20. The second kappa shape index (κ2) is 5.15. The molecule has 86 valence electrons. The highest BCUT2D eigenvalue weighted by molar-refractivity contribution is 5.84. The molecule has 0 aliphatic carbocycles. The fraction of sp³-hybridized carbons (Fsp3) is 0.500. The van der Waals surface area contributed by atoms with Crippen LogP contribution in [0.2, 0.25) is 0 Å². The zero-order valence-corrected chi connectivity index (χ0v) is 9.86. The average Bonchev–Trinajstić information content (AvgIpc) is 2.78. The standard InChI is InChI=1S/C14H19NO/c1-2-5-12-8-9-15(10-12)14-7-4-3-6-13(14)11-16/h3-4,6-7,11-12H,2,5,8-10H2,1H3. The Kier molecular flexibility index (Phi) is 3.60. The molecule has 1 atom stereocenters. The molecular formula is C14H19NO. The van der Waals surface area contributed by atoms with Crippen LogP contribution >= 0.6 is 0 Å². The van der Waals surface area contributed by atoms with Crippen molar-refractivity contribution in [2.75, 3.05) is 18.0 Å². The van der Waals surface area contributed by atoms with Gasteiger partial charge in [-0.2, -0.15) is 0 Å². The van der Waals surface area contributed by atoms with E-state index in [1.165, 1.54) is 19.3 Å². The smallest absolute Gasteiger partial charge is 0.152 e. The summed E-state index contributed by atoms with van der Waals surface area (Å²) in [5, 5.41) is 0. The molecule has 1 fully saturated rings. The number of aldehydes is 1. The highest BCUT2D eigenvalue weighted by Crippen LogP contribution is 2.28. The van der Waals surface area contributed by atoms with Crippen LogP contribution in [0.3, 0.4) is 0 Å². The first-order chi connectivity index (χ1) is 7.85. The van der Waals surface area contributed by atoms with Gasteiger partial charge in [0.25, 0.3) is 0 Å². The fourth-order valence-electron chi connectivity index (χ4n) is 2.57. The van der Waals surface area contributed by atoms with Crippen LogP contribution in [-0.4, -0.2) is 19.4 Å². The third-order valence-corrected chi connectivity index (χ3v) is 3.39. The minimum Gasteiger partial charge on any atom is -0.371 e. The Morgan fingerprint density at radius 1 is 1.44 bits per heavy atom. The Balaban J connectivity index is 2.11. The quantitative estimate of drug-likeness (QED) is 0.722. The molecule has 0 saturated carbocycles. The molecule has 0 radical (unpaired) electrons. The normalized spacial score (nSPS) is 20.1. The predicted molar refractivity (Wildman–Crippen MR) is 67.1 cm³/mol. The summed E-state index contributed by atoms with van der Waals surface area (Å²) in [5.41, 5.74) is 1.93. The van der Waals surface area contributed by atoms with E-state index in [4.69, 9.17) is 0 Å². The van der Waals surface area contributed by atoms with Gasteiger partial charge in [0, 0.05) is 24.3 Å². The molecule has 2 nitrogen and oxygen atoms in total. The van der Waals surface area contributed by atoms with E-state index in [-0.39, 0.29) is 0 Å². The van der Waals surface area contributed by atoms with Crippen LogP contribution < -0.4 is 4.90 Å². The Morgan fingerprint density at radius 2 is 2.25 bits per heavy atom. The van der Waals surface area contributed by atoms with Crippen molar-refractivity contribution >= 4 is 12.0 Å². The van der Waals surface area contributed by atoms with E-state index < -0.39 is 0 Å². The van der Waals surface area contributed by atoms with Gasteiger partial charge in [-0.15, -0.1) is 0 Å². The molecule has 0 aromatic heterocycles. The van der Waals surface area contributed by atoms with Crippen LogP contribution in [-0.2, 0) is 0 Å². The average molecular weight is 217 g/mol. The summed E-state index contributed by atoms with van der Waals surface area (Å²) in [5.74, 6) is 0.810. The Labute approximate surface area is 97.3 Å². The van der Waals surface area contributed by atoms with E-state index in [1.807, 2.05) is 18.2 Å². The van der Waals surface area contributed by atoms with Gasteiger partial charge in [0.2, 0.25) is 0 Å². The zero-order chi connectivity index (χ0) is 11.4. The summed E-state index contributed by atoms with van der Waals surface area (Å²) in [6.45, 7) is 4.44. The molecule has 2 rings (SSSR count). The summed E-state index contributed by atoms with van der Waals surface area (Å²) >= 11 is 0. The van der Waals surface area contributed by atoms with Crippen molar-refractivity contribution in [3.63, 3.8) is 0 Å². The van der Waals surface area contributed by atoms with Gasteiger partial charge in [0.1, 0.15) is 0 Å². The zero-order valence-electron chi connectivity index (χ0n) is 9.86. The molecule has 0 amide bonds. The molecule has 1 aromatic rings. The summed E-state index contributed by atoms with van der Waals surface area (Å²) in [4.78, 5) is 13.3. The minimum absolute atomic E-state index is 0.810. The number of para-hydroxylation sites is 1. The number of anilines is 1. The monoisotopic (exact) mass is 217 g/mol. The molecule has 2 heteroatoms. The van der Waals surface area contributed by atoms with Gasteiger partial charge >= 0.3 is 0 Å². The number of benzene rings is 1. The van der Waals surface area contributed by atoms with Crippen molar-refractivity contribution in [3.8, 4) is 0 Å². The van der Waals surface area contributed by atoms with Gasteiger partial charge < -0.3 is 4.90 Å². The lowest BCUT2D eigenvalue weighted by molar-refractivity contribution is 0.112. The maximum atomic E-state index is 11.0. The second-order valence-electron chi connectivity index (χ2n) is 4.57. The van der Waals surface area contributed by atoms with Crippen molar-refractivity contribution in [1.82, 2.24) is 0 Å². The van der Waals surface area contributed by atoms with Gasteiger partial charge in [-0.3, -0.25) is 4.79 Å². The van der Waals surface area contributed by atoms with E-state index >= 15 is 0 Å². The highest BCUT2D eigenvalue weighted by atomic mass is 16.1. The summed E-state index contributed by atoms with van der Waals surface area (Å²) in [7, 11) is 0. The number of hydrogen-bond acceptors (Lipinski definition) is 2. The van der Waals surface area contributed by atoms with E-state index in [9.17, 15) is 4.79 Å². The number of carbonyl (C=O) groups excluding carboxylic acids is 1. The van der Waals surface area contributed by atoms with E-state index in [2.05, 4.69) is 17.9 Å². The first kappa shape index (κ1) is 11.2. The van der Waals surface area contributed by atoms with Gasteiger partial charge in [0.15, 0.2) is 6.29 Å². The maximum absolute atomic E-state index is 11.0. The largest absolute Gasteiger partial charge is 0.371 e. The molecule has 1 aromatic carbocycles. The molecule has 1 aliphatic heterocycles. The molecular weight excluding hydrogens is 198 g/mol. The van der Waals surface area contributed by atoms with Gasteiger partial charge in [-0.25, -0.2) is 0 Å². The third-order valence-electron chi connectivity index (χ3n) is 3.39. The molecule has 0 spiro atoms. The van der Waals surface area contributed by atoms with Crippen LogP contribution in [0.25, 0.3) is 0 Å². The van der Waals surface area contributed by atoms with E-state index in [0.717, 1.165) is 36.5 Å². The Bertz CT molecular complexity index is 362.